The van der Waals surface area contributed by atoms with Crippen LogP contribution >= 0.6 is 0 Å². The van der Waals surface area contributed by atoms with Gasteiger partial charge in [-0.1, -0.05) is 19.4 Å². The van der Waals surface area contributed by atoms with Gasteiger partial charge in [-0.05, 0) is 19.4 Å². The van der Waals surface area contributed by atoms with Crippen LogP contribution in [0.3, 0.4) is 0 Å². The molecule has 1 N–H and O–H groups in total. The minimum atomic E-state index is -3.46. The molecule has 0 aromatic heterocycles. The predicted octanol–water partition coefficient (Wildman–Crippen LogP) is 0.830. The van der Waals surface area contributed by atoms with Crippen molar-refractivity contribution in [3.63, 3.8) is 0 Å². The first-order chi connectivity index (χ1) is 10.1. The largest absolute Gasteiger partial charge is 0.383 e. The topological polar surface area (TPSA) is 61.9 Å². The van der Waals surface area contributed by atoms with Crippen molar-refractivity contribution in [1.29, 1.82) is 0 Å². The molecule has 0 spiro atoms. The Morgan fingerprint density at radius 2 is 2.24 bits per heavy atom. The van der Waals surface area contributed by atoms with Crippen molar-refractivity contribution in [1.82, 2.24) is 13.9 Å². The van der Waals surface area contributed by atoms with Gasteiger partial charge < -0.3 is 10.1 Å². The maximum absolute atomic E-state index is 12.9. The van der Waals surface area contributed by atoms with E-state index in [-0.39, 0.29) is 6.04 Å². The highest BCUT2D eigenvalue weighted by atomic mass is 32.2. The van der Waals surface area contributed by atoms with Crippen LogP contribution in [0.25, 0.3) is 0 Å². The summed E-state index contributed by atoms with van der Waals surface area (Å²) in [5.74, 6) is 0. The molecular formula is C14H29N3O3S. The summed E-state index contributed by atoms with van der Waals surface area (Å²) in [5.41, 5.74) is 0. The van der Waals surface area contributed by atoms with E-state index >= 15 is 0 Å². The SMILES string of the molecule is C=CCN(CCOC)S(=O)(=O)N1CCCCC1CNCC. The second kappa shape index (κ2) is 9.53. The lowest BCUT2D eigenvalue weighted by Crippen LogP contribution is -2.54. The van der Waals surface area contributed by atoms with E-state index in [9.17, 15) is 8.42 Å². The molecule has 1 fully saturated rings. The summed E-state index contributed by atoms with van der Waals surface area (Å²) in [6, 6.07) is 0.0403. The summed E-state index contributed by atoms with van der Waals surface area (Å²) in [5, 5.41) is 3.26. The van der Waals surface area contributed by atoms with Gasteiger partial charge in [-0.2, -0.15) is 17.0 Å². The Bertz CT molecular complexity index is 400. The number of nitrogens with one attached hydrogen (secondary N) is 1. The Morgan fingerprint density at radius 1 is 1.48 bits per heavy atom. The van der Waals surface area contributed by atoms with Gasteiger partial charge in [0.2, 0.25) is 0 Å². The molecule has 1 rings (SSSR count). The third kappa shape index (κ3) is 5.34. The van der Waals surface area contributed by atoms with E-state index in [4.69, 9.17) is 4.74 Å². The van der Waals surface area contributed by atoms with Crippen molar-refractivity contribution < 1.29 is 13.2 Å². The molecule has 1 aliphatic rings. The number of rotatable bonds is 10. The summed E-state index contributed by atoms with van der Waals surface area (Å²) < 4.78 is 33.9. The standard InChI is InChI=1S/C14H29N3O3S/c1-4-9-16(11-12-20-3)21(18,19)17-10-7-6-8-14(17)13-15-5-2/h4,14-15H,1,5-13H2,2-3H3. The lowest BCUT2D eigenvalue weighted by Gasteiger charge is -2.37. The van der Waals surface area contributed by atoms with Crippen LogP contribution in [0.2, 0.25) is 0 Å². The average molecular weight is 319 g/mol. The first-order valence-corrected chi connectivity index (χ1v) is 9.05. The molecule has 21 heavy (non-hydrogen) atoms. The Morgan fingerprint density at radius 3 is 2.86 bits per heavy atom. The molecule has 124 valence electrons. The minimum Gasteiger partial charge on any atom is -0.383 e. The minimum absolute atomic E-state index is 0.0403. The zero-order valence-electron chi connectivity index (χ0n) is 13.3. The monoisotopic (exact) mass is 319 g/mol. The molecule has 0 amide bonds. The molecule has 1 saturated heterocycles. The predicted molar refractivity (Wildman–Crippen MR) is 85.5 cm³/mol. The van der Waals surface area contributed by atoms with Crippen molar-refractivity contribution in [2.75, 3.05) is 46.4 Å². The Labute approximate surface area is 129 Å². The van der Waals surface area contributed by atoms with Crippen LogP contribution in [0, 0.1) is 0 Å². The van der Waals surface area contributed by atoms with Crippen LogP contribution in [0.5, 0.6) is 0 Å². The molecule has 0 aromatic rings. The molecule has 0 bridgehead atoms. The summed E-state index contributed by atoms with van der Waals surface area (Å²) in [6.07, 6.45) is 4.55. The number of ether oxygens (including phenoxy) is 1. The van der Waals surface area contributed by atoms with E-state index in [0.717, 1.165) is 25.8 Å². The molecule has 6 nitrogen and oxygen atoms in total. The van der Waals surface area contributed by atoms with Gasteiger partial charge in [0.1, 0.15) is 0 Å². The molecule has 1 atom stereocenters. The lowest BCUT2D eigenvalue weighted by atomic mass is 10.1. The highest BCUT2D eigenvalue weighted by Gasteiger charge is 2.35. The van der Waals surface area contributed by atoms with Crippen molar-refractivity contribution in [2.45, 2.75) is 32.2 Å². The Kier molecular flexibility index (Phi) is 8.43. The van der Waals surface area contributed by atoms with Gasteiger partial charge >= 0.3 is 0 Å². The van der Waals surface area contributed by atoms with E-state index in [1.165, 1.54) is 4.31 Å². The summed E-state index contributed by atoms with van der Waals surface area (Å²) in [7, 11) is -1.89. The fourth-order valence-corrected chi connectivity index (χ4v) is 4.39. The number of piperidine rings is 1. The van der Waals surface area contributed by atoms with Crippen LogP contribution in [-0.4, -0.2) is 69.5 Å². The fourth-order valence-electron chi connectivity index (χ4n) is 2.58. The van der Waals surface area contributed by atoms with Gasteiger partial charge in [-0.15, -0.1) is 6.58 Å². The quantitative estimate of drug-likeness (QED) is 0.606. The van der Waals surface area contributed by atoms with E-state index in [1.54, 1.807) is 17.5 Å². The van der Waals surface area contributed by atoms with Gasteiger partial charge in [0.05, 0.1) is 6.61 Å². The van der Waals surface area contributed by atoms with Gasteiger partial charge in [-0.3, -0.25) is 0 Å². The Balaban J connectivity index is 2.85. The summed E-state index contributed by atoms with van der Waals surface area (Å²) in [6.45, 7) is 8.91. The van der Waals surface area contributed by atoms with Crippen LogP contribution in [0.15, 0.2) is 12.7 Å². The molecule has 7 heteroatoms. The van der Waals surface area contributed by atoms with Crippen molar-refractivity contribution in [2.24, 2.45) is 0 Å². The smallest absolute Gasteiger partial charge is 0.282 e. The second-order valence-corrected chi connectivity index (χ2v) is 7.10. The first kappa shape index (κ1) is 18.6. The number of nitrogens with zero attached hydrogens (tertiary/aromatic N) is 2. The van der Waals surface area contributed by atoms with Crippen molar-refractivity contribution in [3.8, 4) is 0 Å². The van der Waals surface area contributed by atoms with Crippen LogP contribution < -0.4 is 5.32 Å². The van der Waals surface area contributed by atoms with Crippen LogP contribution in [0.4, 0.5) is 0 Å². The fraction of sp³-hybridized carbons (Fsp3) is 0.857. The van der Waals surface area contributed by atoms with Gasteiger partial charge in [0.25, 0.3) is 10.2 Å². The summed E-state index contributed by atoms with van der Waals surface area (Å²) >= 11 is 0. The van der Waals surface area contributed by atoms with E-state index in [1.807, 2.05) is 6.92 Å². The molecule has 1 aliphatic heterocycles. The van der Waals surface area contributed by atoms with Crippen LogP contribution in [-0.2, 0) is 14.9 Å². The Hall–Kier alpha value is -0.470. The molecule has 0 saturated carbocycles. The highest BCUT2D eigenvalue weighted by molar-refractivity contribution is 7.86. The molecular weight excluding hydrogens is 290 g/mol. The molecule has 0 aromatic carbocycles. The van der Waals surface area contributed by atoms with E-state index in [2.05, 4.69) is 11.9 Å². The number of hydrogen-bond donors (Lipinski definition) is 1. The maximum atomic E-state index is 12.9. The molecule has 0 radical (unpaired) electrons. The number of likely N-dealkylation sites (N-methyl/N-ethyl adjacent to an activating group) is 1. The third-order valence-electron chi connectivity index (χ3n) is 3.70. The van der Waals surface area contributed by atoms with Gasteiger partial charge in [0, 0.05) is 39.3 Å². The zero-order chi connectivity index (χ0) is 15.7. The van der Waals surface area contributed by atoms with Gasteiger partial charge in [0.15, 0.2) is 0 Å². The lowest BCUT2D eigenvalue weighted by molar-refractivity contribution is 0.173. The molecule has 0 aliphatic carbocycles. The number of methoxy groups -OCH3 is 1. The van der Waals surface area contributed by atoms with E-state index in [0.29, 0.717) is 32.8 Å². The maximum Gasteiger partial charge on any atom is 0.282 e. The number of hydrogen-bond acceptors (Lipinski definition) is 4. The molecule has 1 heterocycles. The van der Waals surface area contributed by atoms with Crippen molar-refractivity contribution in [3.05, 3.63) is 12.7 Å². The summed E-state index contributed by atoms with van der Waals surface area (Å²) in [4.78, 5) is 0. The normalized spacial score (nSPS) is 20.8. The third-order valence-corrected chi connectivity index (χ3v) is 5.76. The van der Waals surface area contributed by atoms with Crippen LogP contribution in [0.1, 0.15) is 26.2 Å². The molecule has 1 unspecified atom stereocenters. The van der Waals surface area contributed by atoms with E-state index < -0.39 is 10.2 Å². The van der Waals surface area contributed by atoms with Gasteiger partial charge in [-0.25, -0.2) is 0 Å². The highest BCUT2D eigenvalue weighted by Crippen LogP contribution is 2.22. The van der Waals surface area contributed by atoms with Crippen molar-refractivity contribution >= 4 is 10.2 Å². The zero-order valence-corrected chi connectivity index (χ0v) is 14.1. The second-order valence-electron chi connectivity index (χ2n) is 5.22. The first-order valence-electron chi connectivity index (χ1n) is 7.65. The average Bonchev–Trinajstić information content (AvgIpc) is 2.49.